The van der Waals surface area contributed by atoms with E-state index >= 15 is 0 Å². The summed E-state index contributed by atoms with van der Waals surface area (Å²) < 4.78 is 5.65. The van der Waals surface area contributed by atoms with Crippen LogP contribution in [0.3, 0.4) is 0 Å². The van der Waals surface area contributed by atoms with Crippen LogP contribution in [-0.4, -0.2) is 25.6 Å². The fourth-order valence-corrected chi connectivity index (χ4v) is 1.76. The highest BCUT2D eigenvalue weighted by Gasteiger charge is 2.10. The van der Waals surface area contributed by atoms with Gasteiger partial charge >= 0.3 is 0 Å². The van der Waals surface area contributed by atoms with Crippen LogP contribution in [0.1, 0.15) is 38.8 Å². The van der Waals surface area contributed by atoms with E-state index in [9.17, 15) is 4.79 Å². The maximum absolute atomic E-state index is 11.7. The van der Waals surface area contributed by atoms with Crippen LogP contribution < -0.4 is 15.4 Å². The molecular weight excluding hydrogens is 240 g/mol. The Balaban J connectivity index is 2.61. The molecule has 1 aromatic carbocycles. The van der Waals surface area contributed by atoms with Gasteiger partial charge in [-0.3, -0.25) is 4.79 Å². The lowest BCUT2D eigenvalue weighted by molar-refractivity contribution is -0.121. The van der Waals surface area contributed by atoms with Crippen LogP contribution in [0.15, 0.2) is 24.3 Å². The van der Waals surface area contributed by atoms with E-state index in [1.54, 1.807) is 0 Å². The molecule has 1 amide bonds. The molecule has 1 rings (SSSR count). The highest BCUT2D eigenvalue weighted by molar-refractivity contribution is 5.76. The number of amides is 1. The number of carbonyl (C=O) groups is 1. The molecule has 0 bridgehead atoms. The van der Waals surface area contributed by atoms with Crippen molar-refractivity contribution in [1.29, 1.82) is 0 Å². The Bertz CT molecular complexity index is 405. The molecule has 1 unspecified atom stereocenters. The van der Waals surface area contributed by atoms with Crippen molar-refractivity contribution in [2.75, 3.05) is 13.6 Å². The van der Waals surface area contributed by atoms with Crippen molar-refractivity contribution in [3.63, 3.8) is 0 Å². The lowest BCUT2D eigenvalue weighted by Crippen LogP contribution is -2.29. The summed E-state index contributed by atoms with van der Waals surface area (Å²) in [6.45, 7) is 6.66. The van der Waals surface area contributed by atoms with Crippen molar-refractivity contribution in [3.05, 3.63) is 29.8 Å². The first-order chi connectivity index (χ1) is 9.02. The highest BCUT2D eigenvalue weighted by atomic mass is 16.5. The molecule has 0 saturated heterocycles. The zero-order chi connectivity index (χ0) is 14.3. The molecule has 1 aromatic rings. The van der Waals surface area contributed by atoms with Gasteiger partial charge < -0.3 is 15.4 Å². The van der Waals surface area contributed by atoms with Crippen LogP contribution in [0, 0.1) is 0 Å². The number of ether oxygens (including phenoxy) is 1. The summed E-state index contributed by atoms with van der Waals surface area (Å²) in [5.41, 5.74) is 1.05. The number of hydrogen-bond donors (Lipinski definition) is 2. The molecule has 0 radical (unpaired) electrons. The molecule has 0 aliphatic rings. The van der Waals surface area contributed by atoms with Gasteiger partial charge in [0.05, 0.1) is 12.1 Å². The quantitative estimate of drug-likeness (QED) is 0.794. The van der Waals surface area contributed by atoms with Gasteiger partial charge in [0, 0.05) is 13.0 Å². The van der Waals surface area contributed by atoms with E-state index in [-0.39, 0.29) is 18.1 Å². The monoisotopic (exact) mass is 264 g/mol. The number of nitrogens with one attached hydrogen (secondary N) is 2. The minimum atomic E-state index is -0.0138. The van der Waals surface area contributed by atoms with Gasteiger partial charge in [-0.2, -0.15) is 0 Å². The molecule has 0 aromatic heterocycles. The fraction of sp³-hybridized carbons (Fsp3) is 0.533. The summed E-state index contributed by atoms with van der Waals surface area (Å²) in [6, 6.07) is 7.83. The summed E-state index contributed by atoms with van der Waals surface area (Å²) in [6.07, 6.45) is 0.638. The third-order valence-corrected chi connectivity index (χ3v) is 2.71. The van der Waals surface area contributed by atoms with Crippen LogP contribution in [0.4, 0.5) is 0 Å². The van der Waals surface area contributed by atoms with E-state index in [0.29, 0.717) is 13.0 Å². The van der Waals surface area contributed by atoms with E-state index in [1.165, 1.54) is 0 Å². The lowest BCUT2D eigenvalue weighted by atomic mass is 10.1. The second-order valence-corrected chi connectivity index (χ2v) is 4.88. The van der Waals surface area contributed by atoms with Crippen molar-refractivity contribution >= 4 is 5.91 Å². The molecule has 0 aliphatic carbocycles. The van der Waals surface area contributed by atoms with Gasteiger partial charge in [-0.25, -0.2) is 0 Å². The van der Waals surface area contributed by atoms with E-state index in [1.807, 2.05) is 52.1 Å². The van der Waals surface area contributed by atoms with Gasteiger partial charge in [-0.15, -0.1) is 0 Å². The van der Waals surface area contributed by atoms with Gasteiger partial charge in [0.15, 0.2) is 0 Å². The van der Waals surface area contributed by atoms with Crippen molar-refractivity contribution in [2.45, 2.75) is 39.3 Å². The summed E-state index contributed by atoms with van der Waals surface area (Å²) in [5.74, 6) is 0.890. The molecule has 0 spiro atoms. The second kappa shape index (κ2) is 7.79. The van der Waals surface area contributed by atoms with Crippen molar-refractivity contribution in [2.24, 2.45) is 0 Å². The van der Waals surface area contributed by atoms with Gasteiger partial charge in [-0.1, -0.05) is 12.1 Å². The topological polar surface area (TPSA) is 50.4 Å². The first-order valence-corrected chi connectivity index (χ1v) is 6.73. The summed E-state index contributed by atoms with van der Waals surface area (Å²) in [4.78, 5) is 11.7. The Labute approximate surface area is 115 Å². The molecule has 1 atom stereocenters. The van der Waals surface area contributed by atoms with E-state index in [4.69, 9.17) is 4.74 Å². The minimum absolute atomic E-state index is 0.0138. The highest BCUT2D eigenvalue weighted by Crippen LogP contribution is 2.20. The maximum Gasteiger partial charge on any atom is 0.221 e. The number of rotatable bonds is 7. The number of benzene rings is 1. The Kier molecular flexibility index (Phi) is 6.36. The molecule has 4 heteroatoms. The molecular formula is C15H24N2O2. The second-order valence-electron chi connectivity index (χ2n) is 4.88. The van der Waals surface area contributed by atoms with Gasteiger partial charge in [0.25, 0.3) is 0 Å². The predicted octanol–water partition coefficient (Wildman–Crippen LogP) is 2.26. The lowest BCUT2D eigenvalue weighted by Gasteiger charge is -2.16. The standard InChI is InChI=1S/C15H24N2O2/c1-11(2)19-14-7-5-6-13(10-14)12(3)17-15(18)8-9-16-4/h5-7,10-12,16H,8-9H2,1-4H3,(H,17,18). The van der Waals surface area contributed by atoms with E-state index < -0.39 is 0 Å². The Morgan fingerprint density at radius 2 is 2.05 bits per heavy atom. The van der Waals surface area contributed by atoms with Crippen molar-refractivity contribution < 1.29 is 9.53 Å². The normalized spacial score (nSPS) is 12.3. The number of hydrogen-bond acceptors (Lipinski definition) is 3. The van der Waals surface area contributed by atoms with Crippen molar-refractivity contribution in [3.8, 4) is 5.75 Å². The molecule has 0 fully saturated rings. The largest absolute Gasteiger partial charge is 0.491 e. The predicted molar refractivity (Wildman–Crippen MR) is 77.3 cm³/mol. The average Bonchev–Trinajstić information content (AvgIpc) is 2.35. The van der Waals surface area contributed by atoms with Crippen LogP contribution in [0.25, 0.3) is 0 Å². The van der Waals surface area contributed by atoms with Crippen LogP contribution in [0.2, 0.25) is 0 Å². The smallest absolute Gasteiger partial charge is 0.221 e. The summed E-state index contributed by atoms with van der Waals surface area (Å²) in [7, 11) is 1.84. The first-order valence-electron chi connectivity index (χ1n) is 6.73. The Morgan fingerprint density at radius 1 is 1.32 bits per heavy atom. The van der Waals surface area contributed by atoms with Gasteiger partial charge in [0.2, 0.25) is 5.91 Å². The molecule has 0 saturated carbocycles. The van der Waals surface area contributed by atoms with E-state index in [2.05, 4.69) is 10.6 Å². The van der Waals surface area contributed by atoms with Gasteiger partial charge in [-0.05, 0) is 45.5 Å². The minimum Gasteiger partial charge on any atom is -0.491 e. The molecule has 106 valence electrons. The Morgan fingerprint density at radius 3 is 2.68 bits per heavy atom. The molecule has 4 nitrogen and oxygen atoms in total. The number of carbonyl (C=O) groups excluding carboxylic acids is 1. The first kappa shape index (κ1) is 15.5. The SMILES string of the molecule is CNCCC(=O)NC(C)c1cccc(OC(C)C)c1. The summed E-state index contributed by atoms with van der Waals surface area (Å²) in [5, 5.41) is 5.94. The zero-order valence-electron chi connectivity index (χ0n) is 12.2. The van der Waals surface area contributed by atoms with E-state index in [0.717, 1.165) is 11.3 Å². The molecule has 0 aliphatic heterocycles. The van der Waals surface area contributed by atoms with Crippen LogP contribution in [-0.2, 0) is 4.79 Å². The zero-order valence-corrected chi connectivity index (χ0v) is 12.2. The van der Waals surface area contributed by atoms with Gasteiger partial charge in [0.1, 0.15) is 5.75 Å². The van der Waals surface area contributed by atoms with Crippen LogP contribution in [0.5, 0.6) is 5.75 Å². The fourth-order valence-electron chi connectivity index (χ4n) is 1.76. The Hall–Kier alpha value is -1.55. The van der Waals surface area contributed by atoms with Crippen LogP contribution >= 0.6 is 0 Å². The summed E-state index contributed by atoms with van der Waals surface area (Å²) >= 11 is 0. The maximum atomic E-state index is 11.7. The van der Waals surface area contributed by atoms with Crippen molar-refractivity contribution in [1.82, 2.24) is 10.6 Å². The average molecular weight is 264 g/mol. The third-order valence-electron chi connectivity index (χ3n) is 2.71. The molecule has 2 N–H and O–H groups in total. The molecule has 19 heavy (non-hydrogen) atoms. The molecule has 0 heterocycles. The third kappa shape index (κ3) is 5.75.